The van der Waals surface area contributed by atoms with Crippen LogP contribution < -0.4 is 5.32 Å². The summed E-state index contributed by atoms with van der Waals surface area (Å²) in [5.41, 5.74) is 1.43. The number of carbonyl (C=O) groups excluding carboxylic acids is 2. The molecule has 0 saturated carbocycles. The summed E-state index contributed by atoms with van der Waals surface area (Å²) in [4.78, 5) is 31.8. The molecule has 0 aliphatic heterocycles. The zero-order valence-electron chi connectivity index (χ0n) is 12.1. The molecule has 0 bridgehead atoms. The molecule has 0 aliphatic carbocycles. The highest BCUT2D eigenvalue weighted by atomic mass is 32.2. The van der Waals surface area contributed by atoms with Gasteiger partial charge in [0.05, 0.1) is 6.20 Å². The minimum atomic E-state index is -0.717. The number of nitriles is 1. The smallest absolute Gasteiger partial charge is 0.359 e. The molecule has 0 aliphatic rings. The molecule has 0 spiro atoms. The topological polar surface area (TPSA) is 105 Å². The summed E-state index contributed by atoms with van der Waals surface area (Å²) < 4.78 is 4.86. The fourth-order valence-electron chi connectivity index (χ4n) is 1.69. The third-order valence-corrected chi connectivity index (χ3v) is 3.32. The lowest BCUT2D eigenvalue weighted by Crippen LogP contribution is -2.21. The van der Waals surface area contributed by atoms with E-state index in [2.05, 4.69) is 15.3 Å². The summed E-state index contributed by atoms with van der Waals surface area (Å²) in [6.45, 7) is 1.38. The molecule has 0 radical (unpaired) electrons. The average molecular weight is 328 g/mol. The number of hydrogen-bond donors (Lipinski definition) is 1. The fraction of sp³-hybridized carbons (Fsp3) is 0.133. The monoisotopic (exact) mass is 328 g/mol. The highest BCUT2D eigenvalue weighted by Crippen LogP contribution is 2.23. The Morgan fingerprint density at radius 3 is 2.87 bits per heavy atom. The number of aromatic nitrogens is 2. The van der Waals surface area contributed by atoms with E-state index in [1.165, 1.54) is 18.6 Å². The standard InChI is InChI=1S/C15H12N4O3S/c1-10-6-11(23-9-16)2-3-12(10)19-14(20)8-22-15(21)13-7-17-4-5-18-13/h2-7H,8H2,1H3,(H,19,20). The van der Waals surface area contributed by atoms with Crippen LogP contribution in [0.3, 0.4) is 0 Å². The Balaban J connectivity index is 1.90. The predicted octanol–water partition coefficient (Wildman–Crippen LogP) is 2.15. The number of carbonyl (C=O) groups is 2. The average Bonchev–Trinajstić information content (AvgIpc) is 2.56. The number of thiocyanates is 1. The maximum absolute atomic E-state index is 11.8. The summed E-state index contributed by atoms with van der Waals surface area (Å²) in [7, 11) is 0. The van der Waals surface area contributed by atoms with Crippen LogP contribution in [0.2, 0.25) is 0 Å². The molecule has 23 heavy (non-hydrogen) atoms. The van der Waals surface area contributed by atoms with Crippen molar-refractivity contribution in [2.45, 2.75) is 11.8 Å². The van der Waals surface area contributed by atoms with Crippen molar-refractivity contribution in [3.05, 3.63) is 48.0 Å². The van der Waals surface area contributed by atoms with Gasteiger partial charge in [-0.25, -0.2) is 9.78 Å². The predicted molar refractivity (Wildman–Crippen MR) is 83.6 cm³/mol. The lowest BCUT2D eigenvalue weighted by Gasteiger charge is -2.09. The number of nitrogens with one attached hydrogen (secondary N) is 1. The van der Waals surface area contributed by atoms with E-state index < -0.39 is 18.5 Å². The second kappa shape index (κ2) is 7.91. The number of hydrogen-bond acceptors (Lipinski definition) is 7. The zero-order valence-corrected chi connectivity index (χ0v) is 13.0. The van der Waals surface area contributed by atoms with Crippen molar-refractivity contribution in [2.75, 3.05) is 11.9 Å². The molecule has 0 unspecified atom stereocenters. The van der Waals surface area contributed by atoms with Crippen LogP contribution in [0.1, 0.15) is 16.1 Å². The molecule has 8 heteroatoms. The van der Waals surface area contributed by atoms with Crippen molar-refractivity contribution in [2.24, 2.45) is 0 Å². The number of rotatable bonds is 5. The van der Waals surface area contributed by atoms with E-state index in [9.17, 15) is 9.59 Å². The van der Waals surface area contributed by atoms with Crippen LogP contribution in [0.5, 0.6) is 0 Å². The van der Waals surface area contributed by atoms with Gasteiger partial charge in [-0.3, -0.25) is 9.78 Å². The van der Waals surface area contributed by atoms with Crippen LogP contribution in [0.15, 0.2) is 41.7 Å². The van der Waals surface area contributed by atoms with Gasteiger partial charge in [-0.15, -0.1) is 0 Å². The van der Waals surface area contributed by atoms with E-state index >= 15 is 0 Å². The van der Waals surface area contributed by atoms with Crippen LogP contribution >= 0.6 is 11.8 Å². The summed E-state index contributed by atoms with van der Waals surface area (Å²) in [6, 6.07) is 5.20. The van der Waals surface area contributed by atoms with Gasteiger partial charge in [0.2, 0.25) is 0 Å². The number of ether oxygens (including phenoxy) is 1. The number of amides is 1. The van der Waals surface area contributed by atoms with Crippen molar-refractivity contribution in [3.63, 3.8) is 0 Å². The van der Waals surface area contributed by atoms with Crippen molar-refractivity contribution in [1.29, 1.82) is 5.26 Å². The van der Waals surface area contributed by atoms with Crippen LogP contribution in [-0.2, 0) is 9.53 Å². The highest BCUT2D eigenvalue weighted by molar-refractivity contribution is 8.03. The van der Waals surface area contributed by atoms with E-state index in [1.807, 2.05) is 12.3 Å². The minimum absolute atomic E-state index is 0.0364. The summed E-state index contributed by atoms with van der Waals surface area (Å²) in [5.74, 6) is -1.18. The highest BCUT2D eigenvalue weighted by Gasteiger charge is 2.12. The normalized spacial score (nSPS) is 9.74. The molecule has 1 heterocycles. The molecule has 0 saturated heterocycles. The molecule has 1 aromatic carbocycles. The molecule has 2 aromatic rings. The first-order chi connectivity index (χ1) is 11.1. The Morgan fingerprint density at radius 1 is 1.39 bits per heavy atom. The first kappa shape index (κ1) is 16.5. The first-order valence-corrected chi connectivity index (χ1v) is 7.31. The van der Waals surface area contributed by atoms with Gasteiger partial charge in [0.25, 0.3) is 5.91 Å². The molecule has 1 aromatic heterocycles. The van der Waals surface area contributed by atoms with E-state index in [1.54, 1.807) is 18.2 Å². The lowest BCUT2D eigenvalue weighted by molar-refractivity contribution is -0.119. The van der Waals surface area contributed by atoms with E-state index in [4.69, 9.17) is 10.00 Å². The molecule has 7 nitrogen and oxygen atoms in total. The Kier molecular flexibility index (Phi) is 5.66. The van der Waals surface area contributed by atoms with Crippen LogP contribution in [0, 0.1) is 17.6 Å². The molecular weight excluding hydrogens is 316 g/mol. The van der Waals surface area contributed by atoms with Crippen molar-refractivity contribution in [1.82, 2.24) is 9.97 Å². The second-order valence-electron chi connectivity index (χ2n) is 4.39. The zero-order chi connectivity index (χ0) is 16.7. The molecule has 116 valence electrons. The number of aryl methyl sites for hydroxylation is 1. The largest absolute Gasteiger partial charge is 0.451 e. The molecular formula is C15H12N4O3S. The quantitative estimate of drug-likeness (QED) is 0.509. The number of esters is 1. The molecule has 0 atom stereocenters. The molecule has 0 fully saturated rings. The lowest BCUT2D eigenvalue weighted by atomic mass is 10.2. The molecule has 1 amide bonds. The van der Waals surface area contributed by atoms with Crippen LogP contribution in [0.4, 0.5) is 5.69 Å². The third-order valence-electron chi connectivity index (χ3n) is 2.74. The van der Waals surface area contributed by atoms with Crippen molar-refractivity contribution < 1.29 is 14.3 Å². The van der Waals surface area contributed by atoms with Crippen LogP contribution in [-0.4, -0.2) is 28.5 Å². The van der Waals surface area contributed by atoms with Gasteiger partial charge in [0, 0.05) is 23.0 Å². The third kappa shape index (κ3) is 4.79. The second-order valence-corrected chi connectivity index (χ2v) is 5.24. The van der Waals surface area contributed by atoms with Gasteiger partial charge in [-0.2, -0.15) is 5.26 Å². The number of anilines is 1. The summed E-state index contributed by atoms with van der Waals surface area (Å²) >= 11 is 1.04. The summed E-state index contributed by atoms with van der Waals surface area (Å²) in [6.07, 6.45) is 4.05. The Bertz CT molecular complexity index is 759. The maximum atomic E-state index is 11.8. The summed E-state index contributed by atoms with van der Waals surface area (Å²) in [5, 5.41) is 13.2. The number of nitrogens with zero attached hydrogens (tertiary/aromatic N) is 3. The minimum Gasteiger partial charge on any atom is -0.451 e. The maximum Gasteiger partial charge on any atom is 0.359 e. The van der Waals surface area contributed by atoms with Gasteiger partial charge in [0.1, 0.15) is 5.40 Å². The van der Waals surface area contributed by atoms with E-state index in [0.717, 1.165) is 22.2 Å². The van der Waals surface area contributed by atoms with Crippen molar-refractivity contribution >= 4 is 29.3 Å². The fourth-order valence-corrected chi connectivity index (χ4v) is 2.17. The molecule has 2 rings (SSSR count). The SMILES string of the molecule is Cc1cc(SC#N)ccc1NC(=O)COC(=O)c1cnccn1. The van der Waals surface area contributed by atoms with Crippen molar-refractivity contribution in [3.8, 4) is 5.40 Å². The number of thioether (sulfide) groups is 1. The number of benzene rings is 1. The Hall–Kier alpha value is -2.92. The Labute approximate surface area is 136 Å². The first-order valence-electron chi connectivity index (χ1n) is 6.49. The molecule has 1 N–H and O–H groups in total. The van der Waals surface area contributed by atoms with Gasteiger partial charge >= 0.3 is 5.97 Å². The van der Waals surface area contributed by atoms with E-state index in [0.29, 0.717) is 5.69 Å². The van der Waals surface area contributed by atoms with Gasteiger partial charge in [-0.05, 0) is 42.4 Å². The van der Waals surface area contributed by atoms with E-state index in [-0.39, 0.29) is 5.69 Å². The van der Waals surface area contributed by atoms with Gasteiger partial charge < -0.3 is 10.1 Å². The van der Waals surface area contributed by atoms with Crippen LogP contribution in [0.25, 0.3) is 0 Å². The van der Waals surface area contributed by atoms with Gasteiger partial charge in [-0.1, -0.05) is 0 Å². The Morgan fingerprint density at radius 2 is 2.22 bits per heavy atom. The van der Waals surface area contributed by atoms with Gasteiger partial charge in [0.15, 0.2) is 12.3 Å².